The Morgan fingerprint density at radius 3 is 2.22 bits per heavy atom. The van der Waals surface area contributed by atoms with Crippen LogP contribution in [0.1, 0.15) is 15.9 Å². The molecule has 1 heterocycles. The van der Waals surface area contributed by atoms with Crippen molar-refractivity contribution in [3.63, 3.8) is 0 Å². The van der Waals surface area contributed by atoms with Crippen LogP contribution in [0.25, 0.3) is 10.9 Å². The minimum absolute atomic E-state index is 0.148. The quantitative estimate of drug-likeness (QED) is 0.375. The number of amides is 1. The van der Waals surface area contributed by atoms with Crippen molar-refractivity contribution in [1.82, 2.24) is 4.57 Å². The lowest BCUT2D eigenvalue weighted by molar-refractivity contribution is -0.116. The minimum atomic E-state index is -0.587. The van der Waals surface area contributed by atoms with E-state index < -0.39 is 22.9 Å². The first-order valence-electron chi connectivity index (χ1n) is 10.9. The van der Waals surface area contributed by atoms with E-state index in [2.05, 4.69) is 5.32 Å². The Morgan fingerprint density at radius 2 is 1.56 bits per heavy atom. The van der Waals surface area contributed by atoms with Crippen molar-refractivity contribution in [2.45, 2.75) is 6.54 Å². The molecular weight excluding hydrogens is 467 g/mol. The number of nitrogens with one attached hydrogen (secondary N) is 1. The molecule has 0 atom stereocenters. The van der Waals surface area contributed by atoms with Crippen molar-refractivity contribution in [1.29, 1.82) is 0 Å². The fourth-order valence-corrected chi connectivity index (χ4v) is 3.80. The van der Waals surface area contributed by atoms with E-state index >= 15 is 0 Å². The smallest absolute Gasteiger partial charge is 0.244 e. The molecule has 1 N–H and O–H groups in total. The topological polar surface area (TPSA) is 95.9 Å². The normalized spacial score (nSPS) is 10.7. The zero-order chi connectivity index (χ0) is 25.8. The second-order valence-electron chi connectivity index (χ2n) is 7.83. The zero-order valence-corrected chi connectivity index (χ0v) is 19.8. The summed E-state index contributed by atoms with van der Waals surface area (Å²) in [7, 11) is 4.46. The number of anilines is 1. The molecule has 0 aliphatic rings. The Bertz CT molecular complexity index is 1510. The second-order valence-corrected chi connectivity index (χ2v) is 7.83. The molecule has 0 radical (unpaired) electrons. The van der Waals surface area contributed by atoms with Crippen molar-refractivity contribution >= 4 is 28.3 Å². The summed E-state index contributed by atoms with van der Waals surface area (Å²) in [4.78, 5) is 39.4. The fourth-order valence-electron chi connectivity index (χ4n) is 3.80. The van der Waals surface area contributed by atoms with Crippen LogP contribution in [0.5, 0.6) is 17.2 Å². The number of nitrogens with zero attached hydrogens (tertiary/aromatic N) is 1. The highest BCUT2D eigenvalue weighted by Gasteiger charge is 2.19. The molecule has 8 nitrogen and oxygen atoms in total. The number of ketones is 1. The maximum absolute atomic E-state index is 13.4. The van der Waals surface area contributed by atoms with Crippen LogP contribution < -0.4 is 25.0 Å². The predicted molar refractivity (Wildman–Crippen MR) is 133 cm³/mol. The van der Waals surface area contributed by atoms with Crippen molar-refractivity contribution in [3.05, 3.63) is 94.0 Å². The highest BCUT2D eigenvalue weighted by Crippen LogP contribution is 2.29. The molecule has 4 aromatic rings. The summed E-state index contributed by atoms with van der Waals surface area (Å²) in [6, 6.07) is 14.7. The molecule has 0 saturated heterocycles. The number of methoxy groups -OCH3 is 3. The molecule has 0 aliphatic heterocycles. The first kappa shape index (κ1) is 24.5. The molecule has 0 fully saturated rings. The fraction of sp³-hybridized carbons (Fsp3) is 0.148. The van der Waals surface area contributed by atoms with Gasteiger partial charge in [0.15, 0.2) is 5.78 Å². The van der Waals surface area contributed by atoms with Crippen LogP contribution in [-0.2, 0) is 11.3 Å². The van der Waals surface area contributed by atoms with Gasteiger partial charge in [-0.05, 0) is 54.6 Å². The number of ether oxygens (including phenoxy) is 3. The van der Waals surface area contributed by atoms with E-state index in [-0.39, 0.29) is 23.1 Å². The molecule has 0 spiro atoms. The number of aromatic nitrogens is 1. The molecule has 0 saturated carbocycles. The number of rotatable bonds is 8. The second kappa shape index (κ2) is 10.3. The van der Waals surface area contributed by atoms with Gasteiger partial charge in [-0.15, -0.1) is 0 Å². The standard InChI is InChI=1S/C27H23FN2O6/c1-34-18-9-11-23-20(12-18)27(33)21(26(32)16-4-6-17(28)7-5-16)14-30(23)15-25(31)29-22-10-8-19(35-2)13-24(22)36-3/h4-14H,15H2,1-3H3,(H,29,31). The van der Waals surface area contributed by atoms with Gasteiger partial charge in [0.25, 0.3) is 0 Å². The molecule has 4 rings (SSSR count). The Labute approximate surface area is 205 Å². The van der Waals surface area contributed by atoms with Gasteiger partial charge in [0.1, 0.15) is 29.6 Å². The van der Waals surface area contributed by atoms with E-state index in [1.165, 1.54) is 50.3 Å². The van der Waals surface area contributed by atoms with Crippen molar-refractivity contribution in [2.75, 3.05) is 26.6 Å². The van der Waals surface area contributed by atoms with Gasteiger partial charge in [0.05, 0.1) is 43.5 Å². The van der Waals surface area contributed by atoms with Gasteiger partial charge in [-0.3, -0.25) is 14.4 Å². The Morgan fingerprint density at radius 1 is 0.889 bits per heavy atom. The van der Waals surface area contributed by atoms with E-state index in [0.717, 1.165) is 12.1 Å². The van der Waals surface area contributed by atoms with Crippen molar-refractivity contribution in [2.24, 2.45) is 0 Å². The summed E-state index contributed by atoms with van der Waals surface area (Å²) in [6.45, 7) is -0.206. The van der Waals surface area contributed by atoms with Gasteiger partial charge in [-0.1, -0.05) is 0 Å². The first-order valence-corrected chi connectivity index (χ1v) is 10.9. The highest BCUT2D eigenvalue weighted by molar-refractivity contribution is 6.10. The van der Waals surface area contributed by atoms with Gasteiger partial charge in [0, 0.05) is 17.8 Å². The largest absolute Gasteiger partial charge is 0.497 e. The molecular formula is C27H23FN2O6. The number of carbonyl (C=O) groups excluding carboxylic acids is 2. The summed E-state index contributed by atoms with van der Waals surface area (Å²) in [5.74, 6) is -0.114. The van der Waals surface area contributed by atoms with Crippen LogP contribution in [0.15, 0.2) is 71.7 Å². The van der Waals surface area contributed by atoms with E-state index in [4.69, 9.17) is 14.2 Å². The van der Waals surface area contributed by atoms with Crippen molar-refractivity contribution < 1.29 is 28.2 Å². The number of halogens is 1. The molecule has 36 heavy (non-hydrogen) atoms. The minimum Gasteiger partial charge on any atom is -0.497 e. The number of benzene rings is 3. The van der Waals surface area contributed by atoms with E-state index in [0.29, 0.717) is 28.5 Å². The zero-order valence-electron chi connectivity index (χ0n) is 19.8. The lowest BCUT2D eigenvalue weighted by atomic mass is 10.0. The molecule has 3 aromatic carbocycles. The maximum Gasteiger partial charge on any atom is 0.244 e. The van der Waals surface area contributed by atoms with E-state index in [1.807, 2.05) is 0 Å². The molecule has 1 amide bonds. The third-order valence-electron chi connectivity index (χ3n) is 5.64. The van der Waals surface area contributed by atoms with Crippen LogP contribution >= 0.6 is 0 Å². The van der Waals surface area contributed by atoms with Gasteiger partial charge in [-0.2, -0.15) is 0 Å². The van der Waals surface area contributed by atoms with Gasteiger partial charge >= 0.3 is 0 Å². The SMILES string of the molecule is COc1ccc(NC(=O)Cn2cc(C(=O)c3ccc(F)cc3)c(=O)c3cc(OC)ccc32)c(OC)c1. The van der Waals surface area contributed by atoms with E-state index in [9.17, 15) is 18.8 Å². The van der Waals surface area contributed by atoms with Gasteiger partial charge in [-0.25, -0.2) is 4.39 Å². The predicted octanol–water partition coefficient (Wildman–Crippen LogP) is 4.04. The van der Waals surface area contributed by atoms with Crippen LogP contribution in [-0.4, -0.2) is 37.6 Å². The first-order chi connectivity index (χ1) is 17.3. The average Bonchev–Trinajstić information content (AvgIpc) is 2.90. The molecule has 9 heteroatoms. The monoisotopic (exact) mass is 490 g/mol. The van der Waals surface area contributed by atoms with Crippen LogP contribution in [0.2, 0.25) is 0 Å². The average molecular weight is 490 g/mol. The Kier molecular flexibility index (Phi) is 7.00. The van der Waals surface area contributed by atoms with Crippen LogP contribution in [0.3, 0.4) is 0 Å². The summed E-state index contributed by atoms with van der Waals surface area (Å²) < 4.78 is 30.6. The lowest BCUT2D eigenvalue weighted by Crippen LogP contribution is -2.24. The Hall–Kier alpha value is -4.66. The molecule has 0 bridgehead atoms. The molecule has 0 unspecified atom stereocenters. The summed E-state index contributed by atoms with van der Waals surface area (Å²) in [5.41, 5.74) is 0.338. The number of hydrogen-bond acceptors (Lipinski definition) is 6. The summed E-state index contributed by atoms with van der Waals surface area (Å²) >= 11 is 0. The maximum atomic E-state index is 13.4. The number of fused-ring (bicyclic) bond motifs is 1. The highest BCUT2D eigenvalue weighted by atomic mass is 19.1. The summed E-state index contributed by atoms with van der Waals surface area (Å²) in [6.07, 6.45) is 1.34. The van der Waals surface area contributed by atoms with Gasteiger partial charge in [0.2, 0.25) is 11.3 Å². The number of carbonyl (C=O) groups is 2. The molecule has 184 valence electrons. The number of hydrogen-bond donors (Lipinski definition) is 1. The van der Waals surface area contributed by atoms with Crippen LogP contribution in [0, 0.1) is 5.82 Å². The van der Waals surface area contributed by atoms with Crippen molar-refractivity contribution in [3.8, 4) is 17.2 Å². The third kappa shape index (κ3) is 4.90. The van der Waals surface area contributed by atoms with E-state index in [1.54, 1.807) is 30.3 Å². The Balaban J connectivity index is 1.75. The van der Waals surface area contributed by atoms with Gasteiger partial charge < -0.3 is 24.1 Å². The molecule has 1 aromatic heterocycles. The summed E-state index contributed by atoms with van der Waals surface area (Å²) in [5, 5.41) is 2.99. The third-order valence-corrected chi connectivity index (χ3v) is 5.64. The molecule has 0 aliphatic carbocycles. The number of pyridine rings is 1. The lowest BCUT2D eigenvalue weighted by Gasteiger charge is -2.15. The van der Waals surface area contributed by atoms with Crippen LogP contribution in [0.4, 0.5) is 10.1 Å².